The van der Waals surface area contributed by atoms with Gasteiger partial charge in [-0.25, -0.2) is 4.99 Å². The van der Waals surface area contributed by atoms with E-state index in [-0.39, 0.29) is 11.6 Å². The summed E-state index contributed by atoms with van der Waals surface area (Å²) in [6.07, 6.45) is 0.870. The van der Waals surface area contributed by atoms with Gasteiger partial charge in [-0.3, -0.25) is 4.79 Å². The highest BCUT2D eigenvalue weighted by atomic mass is 16.2. The Balaban J connectivity index is 1.99. The molecule has 1 fully saturated rings. The maximum atomic E-state index is 11.9. The summed E-state index contributed by atoms with van der Waals surface area (Å²) in [5.74, 6) is -0.0603. The zero-order valence-corrected chi connectivity index (χ0v) is 8.86. The molecule has 1 atom stereocenters. The van der Waals surface area contributed by atoms with Crippen LogP contribution in [0.3, 0.4) is 0 Å². The Kier molecular flexibility index (Phi) is 2.04. The summed E-state index contributed by atoms with van der Waals surface area (Å²) in [5, 5.41) is 6.20. The molecular weight excluding hydrogens is 202 g/mol. The molecule has 0 bridgehead atoms. The van der Waals surface area contributed by atoms with E-state index in [0.717, 1.165) is 25.1 Å². The number of carbonyl (C=O) groups excluding carboxylic acids is 1. The quantitative estimate of drug-likeness (QED) is 0.707. The summed E-state index contributed by atoms with van der Waals surface area (Å²) in [4.78, 5) is 16.4. The summed E-state index contributed by atoms with van der Waals surface area (Å²) in [7, 11) is 0. The van der Waals surface area contributed by atoms with Crippen molar-refractivity contribution in [2.75, 3.05) is 13.1 Å². The number of amides is 1. The molecule has 0 aliphatic carbocycles. The first kappa shape index (κ1) is 9.54. The van der Waals surface area contributed by atoms with E-state index in [2.05, 4.69) is 15.6 Å². The standard InChI is InChI=1S/C12H13N3O/c16-11-10(9-4-2-1-3-5-9)14-12(15-11)6-7-13-8-12/h1-5,13H,6-8H2,(H,15,16)/t12-/m1/s1. The zero-order chi connectivity index (χ0) is 11.0. The van der Waals surface area contributed by atoms with Crippen LogP contribution in [0, 0.1) is 0 Å². The minimum atomic E-state index is -0.387. The molecule has 2 aliphatic heterocycles. The number of aliphatic imine (C=N–C) groups is 1. The Morgan fingerprint density at radius 1 is 1.25 bits per heavy atom. The molecule has 1 aromatic carbocycles. The Hall–Kier alpha value is -1.68. The lowest BCUT2D eigenvalue weighted by Gasteiger charge is -2.17. The van der Waals surface area contributed by atoms with Gasteiger partial charge in [0.05, 0.1) is 0 Å². The number of hydrogen-bond donors (Lipinski definition) is 2. The third-order valence-corrected chi connectivity index (χ3v) is 3.07. The van der Waals surface area contributed by atoms with Crippen molar-refractivity contribution in [3.05, 3.63) is 35.9 Å². The fraction of sp³-hybridized carbons (Fsp3) is 0.333. The fourth-order valence-electron chi connectivity index (χ4n) is 2.24. The van der Waals surface area contributed by atoms with Crippen LogP contribution < -0.4 is 10.6 Å². The summed E-state index contributed by atoms with van der Waals surface area (Å²) in [6, 6.07) is 9.61. The summed E-state index contributed by atoms with van der Waals surface area (Å²) in [5.41, 5.74) is 1.07. The molecule has 1 saturated heterocycles. The van der Waals surface area contributed by atoms with Crippen LogP contribution in [0.1, 0.15) is 12.0 Å². The first-order valence-electron chi connectivity index (χ1n) is 5.48. The van der Waals surface area contributed by atoms with Crippen molar-refractivity contribution in [2.24, 2.45) is 4.99 Å². The van der Waals surface area contributed by atoms with E-state index in [1.807, 2.05) is 30.3 Å². The van der Waals surface area contributed by atoms with E-state index in [4.69, 9.17) is 0 Å². The second-order valence-corrected chi connectivity index (χ2v) is 4.24. The van der Waals surface area contributed by atoms with Gasteiger partial charge in [-0.1, -0.05) is 30.3 Å². The van der Waals surface area contributed by atoms with Crippen molar-refractivity contribution < 1.29 is 4.79 Å². The summed E-state index contributed by atoms with van der Waals surface area (Å²) in [6.45, 7) is 1.64. The van der Waals surface area contributed by atoms with Gasteiger partial charge in [-0.2, -0.15) is 0 Å². The maximum absolute atomic E-state index is 11.9. The van der Waals surface area contributed by atoms with Gasteiger partial charge >= 0.3 is 0 Å². The second kappa shape index (κ2) is 3.42. The Morgan fingerprint density at radius 2 is 2.06 bits per heavy atom. The van der Waals surface area contributed by atoms with Gasteiger partial charge in [-0.15, -0.1) is 0 Å². The van der Waals surface area contributed by atoms with Crippen LogP contribution >= 0.6 is 0 Å². The van der Waals surface area contributed by atoms with Crippen molar-refractivity contribution in [2.45, 2.75) is 12.1 Å². The molecule has 1 spiro atoms. The molecule has 16 heavy (non-hydrogen) atoms. The third-order valence-electron chi connectivity index (χ3n) is 3.07. The van der Waals surface area contributed by atoms with Crippen molar-refractivity contribution in [1.29, 1.82) is 0 Å². The van der Waals surface area contributed by atoms with Crippen LogP contribution in [-0.2, 0) is 4.79 Å². The molecule has 0 radical (unpaired) electrons. The summed E-state index contributed by atoms with van der Waals surface area (Å²) < 4.78 is 0. The number of hydrogen-bond acceptors (Lipinski definition) is 3. The molecule has 0 aromatic heterocycles. The molecule has 0 unspecified atom stereocenters. The predicted octanol–water partition coefficient (Wildman–Crippen LogP) is 0.295. The van der Waals surface area contributed by atoms with Crippen molar-refractivity contribution in [3.63, 3.8) is 0 Å². The number of carbonyl (C=O) groups is 1. The number of benzene rings is 1. The molecule has 82 valence electrons. The maximum Gasteiger partial charge on any atom is 0.272 e. The molecule has 2 heterocycles. The number of rotatable bonds is 1. The molecule has 0 saturated carbocycles. The highest BCUT2D eigenvalue weighted by Gasteiger charge is 2.41. The number of nitrogens with one attached hydrogen (secondary N) is 2. The van der Waals surface area contributed by atoms with Crippen molar-refractivity contribution in [3.8, 4) is 0 Å². The van der Waals surface area contributed by atoms with Gasteiger partial charge in [0.1, 0.15) is 11.4 Å². The Labute approximate surface area is 93.8 Å². The van der Waals surface area contributed by atoms with Gasteiger partial charge < -0.3 is 10.6 Å². The lowest BCUT2D eigenvalue weighted by Crippen LogP contribution is -2.44. The molecule has 1 aromatic rings. The van der Waals surface area contributed by atoms with Crippen LogP contribution in [0.2, 0.25) is 0 Å². The van der Waals surface area contributed by atoms with Crippen LogP contribution in [-0.4, -0.2) is 30.4 Å². The van der Waals surface area contributed by atoms with E-state index < -0.39 is 0 Å². The molecule has 2 N–H and O–H groups in total. The smallest absolute Gasteiger partial charge is 0.272 e. The lowest BCUT2D eigenvalue weighted by molar-refractivity contribution is -0.115. The van der Waals surface area contributed by atoms with E-state index >= 15 is 0 Å². The first-order valence-corrected chi connectivity index (χ1v) is 5.48. The normalized spacial score (nSPS) is 28.2. The highest BCUT2D eigenvalue weighted by Crippen LogP contribution is 2.23. The highest BCUT2D eigenvalue weighted by molar-refractivity contribution is 6.46. The lowest BCUT2D eigenvalue weighted by atomic mass is 10.1. The van der Waals surface area contributed by atoms with E-state index in [1.54, 1.807) is 0 Å². The van der Waals surface area contributed by atoms with Crippen molar-refractivity contribution in [1.82, 2.24) is 10.6 Å². The molecule has 4 heteroatoms. The summed E-state index contributed by atoms with van der Waals surface area (Å²) >= 11 is 0. The molecule has 1 amide bonds. The molecular formula is C12H13N3O. The van der Waals surface area contributed by atoms with E-state index in [1.165, 1.54) is 0 Å². The van der Waals surface area contributed by atoms with Crippen LogP contribution in [0.25, 0.3) is 0 Å². The average molecular weight is 215 g/mol. The van der Waals surface area contributed by atoms with Gasteiger partial charge in [0.25, 0.3) is 5.91 Å². The van der Waals surface area contributed by atoms with Crippen LogP contribution in [0.15, 0.2) is 35.3 Å². The SMILES string of the molecule is O=C1N[C@@]2(CCNC2)N=C1c1ccccc1. The predicted molar refractivity (Wildman–Crippen MR) is 61.3 cm³/mol. The Bertz CT molecular complexity index is 447. The van der Waals surface area contributed by atoms with Crippen LogP contribution in [0.5, 0.6) is 0 Å². The van der Waals surface area contributed by atoms with Gasteiger partial charge in [0, 0.05) is 18.5 Å². The fourth-order valence-corrected chi connectivity index (χ4v) is 2.24. The Morgan fingerprint density at radius 3 is 2.75 bits per heavy atom. The molecule has 3 rings (SSSR count). The monoisotopic (exact) mass is 215 g/mol. The van der Waals surface area contributed by atoms with E-state index in [0.29, 0.717) is 5.71 Å². The zero-order valence-electron chi connectivity index (χ0n) is 8.86. The second-order valence-electron chi connectivity index (χ2n) is 4.24. The van der Waals surface area contributed by atoms with Gasteiger partial charge in [0.2, 0.25) is 0 Å². The van der Waals surface area contributed by atoms with Crippen LogP contribution in [0.4, 0.5) is 0 Å². The largest absolute Gasteiger partial charge is 0.325 e. The third kappa shape index (κ3) is 1.42. The van der Waals surface area contributed by atoms with Gasteiger partial charge in [0.15, 0.2) is 0 Å². The molecule has 4 nitrogen and oxygen atoms in total. The van der Waals surface area contributed by atoms with Crippen molar-refractivity contribution >= 4 is 11.6 Å². The minimum absolute atomic E-state index is 0.0603. The van der Waals surface area contributed by atoms with E-state index in [9.17, 15) is 4.79 Å². The average Bonchev–Trinajstić information content (AvgIpc) is 2.88. The molecule has 2 aliphatic rings. The number of nitrogens with zero attached hydrogens (tertiary/aromatic N) is 1. The first-order chi connectivity index (χ1) is 7.79. The topological polar surface area (TPSA) is 53.5 Å². The minimum Gasteiger partial charge on any atom is -0.325 e. The van der Waals surface area contributed by atoms with Gasteiger partial charge in [-0.05, 0) is 6.54 Å².